The third-order valence-electron chi connectivity index (χ3n) is 3.95. The maximum absolute atomic E-state index is 12.6. The molecule has 0 atom stereocenters. The van der Waals surface area contributed by atoms with E-state index in [-0.39, 0.29) is 5.78 Å². The monoisotopic (exact) mass is 335 g/mol. The number of rotatable bonds is 9. The molecule has 0 spiro atoms. The molecule has 2 aromatic heterocycles. The number of hydrogen-bond acceptors (Lipinski definition) is 4. The Morgan fingerprint density at radius 2 is 2.17 bits per heavy atom. The Morgan fingerprint density at radius 3 is 2.87 bits per heavy atom. The maximum Gasteiger partial charge on any atom is 0.175 e. The van der Waals surface area contributed by atoms with Crippen LogP contribution in [0, 0.1) is 13.8 Å². The van der Waals surface area contributed by atoms with Crippen LogP contribution < -0.4 is 0 Å². The summed E-state index contributed by atoms with van der Waals surface area (Å²) in [6.45, 7) is 8.62. The van der Waals surface area contributed by atoms with E-state index < -0.39 is 0 Å². The van der Waals surface area contributed by atoms with Crippen molar-refractivity contribution in [1.29, 1.82) is 0 Å². The first-order chi connectivity index (χ1) is 11.1. The first-order valence-electron chi connectivity index (χ1n) is 7.91. The highest BCUT2D eigenvalue weighted by atomic mass is 32.2. The minimum atomic E-state index is 0.159. The van der Waals surface area contributed by atoms with Crippen molar-refractivity contribution in [2.45, 2.75) is 45.4 Å². The lowest BCUT2D eigenvalue weighted by atomic mass is 10.2. The van der Waals surface area contributed by atoms with Crippen LogP contribution in [-0.4, -0.2) is 39.4 Å². The number of thioether (sulfide) groups is 1. The lowest BCUT2D eigenvalue weighted by Gasteiger charge is -2.09. The van der Waals surface area contributed by atoms with Crippen LogP contribution in [0.3, 0.4) is 0 Å². The van der Waals surface area contributed by atoms with E-state index in [0.29, 0.717) is 5.75 Å². The molecule has 0 fully saturated rings. The Morgan fingerprint density at radius 1 is 1.39 bits per heavy atom. The van der Waals surface area contributed by atoms with Crippen LogP contribution in [0.4, 0.5) is 0 Å². The van der Waals surface area contributed by atoms with Crippen LogP contribution in [0.1, 0.15) is 35.1 Å². The smallest absolute Gasteiger partial charge is 0.175 e. The summed E-state index contributed by atoms with van der Waals surface area (Å²) in [5, 5.41) is 0.898. The highest BCUT2D eigenvalue weighted by Crippen LogP contribution is 2.21. The van der Waals surface area contributed by atoms with Gasteiger partial charge in [0.1, 0.15) is 0 Å². The Bertz CT molecular complexity index is 661. The summed E-state index contributed by atoms with van der Waals surface area (Å²) in [6.07, 6.45) is 4.66. The normalized spacial score (nSPS) is 11.1. The van der Waals surface area contributed by atoms with Gasteiger partial charge in [0, 0.05) is 56.2 Å². The Kier molecular flexibility index (Phi) is 6.47. The Hall–Kier alpha value is -1.53. The molecule has 0 aliphatic carbocycles. The number of nitrogens with zero attached hydrogens (tertiary/aromatic N) is 3. The number of hydrogen-bond donors (Lipinski definition) is 0. The number of Topliss-reactive ketones (excluding diaryl/α,β-unsaturated/α-hetero) is 1. The fraction of sp³-hybridized carbons (Fsp3) is 0.529. The minimum absolute atomic E-state index is 0.159. The van der Waals surface area contributed by atoms with E-state index in [4.69, 9.17) is 4.74 Å². The van der Waals surface area contributed by atoms with Gasteiger partial charge in [0.15, 0.2) is 10.9 Å². The molecule has 0 aromatic carbocycles. The van der Waals surface area contributed by atoms with E-state index in [0.717, 1.165) is 48.2 Å². The molecule has 0 saturated heterocycles. The number of methoxy groups -OCH3 is 1. The van der Waals surface area contributed by atoms with Crippen molar-refractivity contribution < 1.29 is 9.53 Å². The average molecular weight is 335 g/mol. The standard InChI is InChI=1S/C17H25N3O2S/c1-5-19-9-7-18-17(19)23-12-16(21)15-11-13(2)20(14(15)3)8-6-10-22-4/h7,9,11H,5-6,8,10,12H2,1-4H3. The van der Waals surface area contributed by atoms with Crippen LogP contribution in [0.5, 0.6) is 0 Å². The molecule has 23 heavy (non-hydrogen) atoms. The molecule has 2 aromatic rings. The van der Waals surface area contributed by atoms with E-state index in [2.05, 4.69) is 16.5 Å². The van der Waals surface area contributed by atoms with Gasteiger partial charge in [-0.15, -0.1) is 0 Å². The number of imidazole rings is 1. The molecular formula is C17H25N3O2S. The van der Waals surface area contributed by atoms with Crippen LogP contribution in [0.15, 0.2) is 23.6 Å². The molecule has 2 rings (SSSR count). The quantitative estimate of drug-likeness (QED) is 0.401. The number of aryl methyl sites for hydroxylation is 2. The van der Waals surface area contributed by atoms with Gasteiger partial charge in [0.25, 0.3) is 0 Å². The SMILES string of the molecule is CCn1ccnc1SCC(=O)c1cc(C)n(CCCOC)c1C. The van der Waals surface area contributed by atoms with E-state index in [1.807, 2.05) is 30.7 Å². The van der Waals surface area contributed by atoms with Crippen LogP contribution >= 0.6 is 11.8 Å². The number of ketones is 1. The first kappa shape index (κ1) is 17.8. The molecule has 0 bridgehead atoms. The third kappa shape index (κ3) is 4.26. The van der Waals surface area contributed by atoms with Gasteiger partial charge < -0.3 is 13.9 Å². The van der Waals surface area contributed by atoms with Crippen molar-refractivity contribution in [2.24, 2.45) is 0 Å². The average Bonchev–Trinajstić information content (AvgIpc) is 3.11. The predicted molar refractivity (Wildman–Crippen MR) is 93.4 cm³/mol. The largest absolute Gasteiger partial charge is 0.385 e. The molecule has 2 heterocycles. The number of ether oxygens (including phenoxy) is 1. The maximum atomic E-state index is 12.6. The molecule has 0 saturated carbocycles. The summed E-state index contributed by atoms with van der Waals surface area (Å²) in [5.74, 6) is 0.575. The van der Waals surface area contributed by atoms with E-state index in [9.17, 15) is 4.79 Å². The second-order valence-electron chi connectivity index (χ2n) is 5.49. The minimum Gasteiger partial charge on any atom is -0.385 e. The van der Waals surface area contributed by atoms with Gasteiger partial charge in [-0.05, 0) is 33.3 Å². The van der Waals surface area contributed by atoms with E-state index in [1.165, 1.54) is 11.8 Å². The lowest BCUT2D eigenvalue weighted by molar-refractivity contribution is 0.102. The number of carbonyl (C=O) groups is 1. The molecule has 5 nitrogen and oxygen atoms in total. The zero-order valence-corrected chi connectivity index (χ0v) is 15.2. The zero-order valence-electron chi connectivity index (χ0n) is 14.3. The Labute approximate surface area is 142 Å². The van der Waals surface area contributed by atoms with Gasteiger partial charge in [-0.3, -0.25) is 4.79 Å². The van der Waals surface area contributed by atoms with Gasteiger partial charge in [0.05, 0.1) is 5.75 Å². The number of aromatic nitrogens is 3. The molecule has 6 heteroatoms. The first-order valence-corrected chi connectivity index (χ1v) is 8.89. The van der Waals surface area contributed by atoms with Gasteiger partial charge >= 0.3 is 0 Å². The van der Waals surface area contributed by atoms with Crippen LogP contribution in [0.2, 0.25) is 0 Å². The highest BCUT2D eigenvalue weighted by Gasteiger charge is 2.16. The van der Waals surface area contributed by atoms with Crippen molar-refractivity contribution in [2.75, 3.05) is 19.5 Å². The van der Waals surface area contributed by atoms with E-state index >= 15 is 0 Å². The molecule has 0 aliphatic heterocycles. The lowest BCUT2D eigenvalue weighted by Crippen LogP contribution is -2.08. The second kappa shape index (κ2) is 8.36. The molecule has 0 unspecified atom stereocenters. The summed E-state index contributed by atoms with van der Waals surface area (Å²) in [5.41, 5.74) is 2.99. The fourth-order valence-corrected chi connectivity index (χ4v) is 3.59. The molecule has 0 aliphatic rings. The molecule has 126 valence electrons. The highest BCUT2D eigenvalue weighted by molar-refractivity contribution is 7.99. The Balaban J connectivity index is 2.03. The van der Waals surface area contributed by atoms with Crippen molar-refractivity contribution in [3.63, 3.8) is 0 Å². The third-order valence-corrected chi connectivity index (χ3v) is 4.96. The van der Waals surface area contributed by atoms with Gasteiger partial charge in [-0.2, -0.15) is 0 Å². The summed E-state index contributed by atoms with van der Waals surface area (Å²) in [6, 6.07) is 2.00. The van der Waals surface area contributed by atoms with Gasteiger partial charge in [0.2, 0.25) is 0 Å². The van der Waals surface area contributed by atoms with Crippen molar-refractivity contribution >= 4 is 17.5 Å². The molecule has 0 N–H and O–H groups in total. The van der Waals surface area contributed by atoms with Crippen molar-refractivity contribution in [3.05, 3.63) is 35.4 Å². The molecule has 0 amide bonds. The summed E-state index contributed by atoms with van der Waals surface area (Å²) in [4.78, 5) is 16.9. The summed E-state index contributed by atoms with van der Waals surface area (Å²) >= 11 is 1.50. The van der Waals surface area contributed by atoms with Crippen LogP contribution in [-0.2, 0) is 17.8 Å². The van der Waals surface area contributed by atoms with Crippen LogP contribution in [0.25, 0.3) is 0 Å². The molecular weight excluding hydrogens is 310 g/mol. The van der Waals surface area contributed by atoms with Crippen molar-refractivity contribution in [1.82, 2.24) is 14.1 Å². The van der Waals surface area contributed by atoms with Gasteiger partial charge in [-0.1, -0.05) is 11.8 Å². The zero-order chi connectivity index (χ0) is 16.8. The number of carbonyl (C=O) groups excluding carboxylic acids is 1. The van der Waals surface area contributed by atoms with Gasteiger partial charge in [-0.25, -0.2) is 4.98 Å². The topological polar surface area (TPSA) is 49.0 Å². The van der Waals surface area contributed by atoms with Crippen molar-refractivity contribution in [3.8, 4) is 0 Å². The summed E-state index contributed by atoms with van der Waals surface area (Å²) < 4.78 is 9.35. The fourth-order valence-electron chi connectivity index (χ4n) is 2.68. The van der Waals surface area contributed by atoms with E-state index in [1.54, 1.807) is 13.3 Å². The summed E-state index contributed by atoms with van der Waals surface area (Å²) in [7, 11) is 1.71. The second-order valence-corrected chi connectivity index (χ2v) is 6.43. The molecule has 0 radical (unpaired) electrons. The predicted octanol–water partition coefficient (Wildman–Crippen LogP) is 3.33.